The summed E-state index contributed by atoms with van der Waals surface area (Å²) in [6.45, 7) is 4.70. The Hall–Kier alpha value is -2.88. The number of fused-ring (bicyclic) bond motifs is 2. The summed E-state index contributed by atoms with van der Waals surface area (Å²) in [4.78, 5) is 22.4. The second-order valence-corrected chi connectivity index (χ2v) is 7.92. The van der Waals surface area contributed by atoms with Crippen LogP contribution in [0.25, 0.3) is 10.9 Å². The highest BCUT2D eigenvalue weighted by molar-refractivity contribution is 6.06. The van der Waals surface area contributed by atoms with Crippen molar-refractivity contribution in [1.82, 2.24) is 9.88 Å². The summed E-state index contributed by atoms with van der Waals surface area (Å²) in [5.74, 6) is 0.141. The minimum absolute atomic E-state index is 0.141. The number of anilines is 1. The van der Waals surface area contributed by atoms with Gasteiger partial charge in [0.25, 0.3) is 5.91 Å². The Morgan fingerprint density at radius 2 is 1.75 bits per heavy atom. The van der Waals surface area contributed by atoms with Gasteiger partial charge in [-0.3, -0.25) is 9.78 Å². The number of pyridine rings is 1. The molecule has 28 heavy (non-hydrogen) atoms. The average Bonchev–Trinajstić information content (AvgIpc) is 3.17. The number of aromatic nitrogens is 1. The lowest BCUT2D eigenvalue weighted by molar-refractivity contribution is 0.0714. The first-order valence-electron chi connectivity index (χ1n) is 10.2. The third-order valence-corrected chi connectivity index (χ3v) is 6.19. The molecule has 1 saturated heterocycles. The van der Waals surface area contributed by atoms with E-state index in [4.69, 9.17) is 0 Å². The molecule has 142 valence electrons. The fourth-order valence-electron chi connectivity index (χ4n) is 4.78. The summed E-state index contributed by atoms with van der Waals surface area (Å²) < 4.78 is 0. The topological polar surface area (TPSA) is 36.4 Å². The van der Waals surface area contributed by atoms with Crippen LogP contribution in [0.4, 0.5) is 5.69 Å². The number of carbonyl (C=O) groups excluding carboxylic acids is 1. The molecule has 4 nitrogen and oxygen atoms in total. The Bertz CT molecular complexity index is 1040. The van der Waals surface area contributed by atoms with Crippen LogP contribution in [0.2, 0.25) is 0 Å². The summed E-state index contributed by atoms with van der Waals surface area (Å²) in [5, 5.41) is 0.952. The summed E-state index contributed by atoms with van der Waals surface area (Å²) in [7, 11) is 0. The van der Waals surface area contributed by atoms with Crippen LogP contribution in [0.1, 0.15) is 34.5 Å². The molecule has 3 heterocycles. The van der Waals surface area contributed by atoms with Crippen molar-refractivity contribution in [2.45, 2.75) is 32.2 Å². The van der Waals surface area contributed by atoms with Crippen LogP contribution in [-0.4, -0.2) is 41.5 Å². The third kappa shape index (κ3) is 2.93. The van der Waals surface area contributed by atoms with Gasteiger partial charge in [0.05, 0.1) is 11.1 Å². The van der Waals surface area contributed by atoms with E-state index < -0.39 is 0 Å². The van der Waals surface area contributed by atoms with Gasteiger partial charge in [0.1, 0.15) is 0 Å². The maximum atomic E-state index is 13.3. The predicted octanol–water partition coefficient (Wildman–Crippen LogP) is 4.21. The SMILES string of the molecule is Cc1cc(C(=O)N2CCC(N3CCc4ccccc43)CC2)c2ccccc2n1. The fourth-order valence-corrected chi connectivity index (χ4v) is 4.78. The molecule has 1 aromatic heterocycles. The molecular weight excluding hydrogens is 346 g/mol. The number of nitrogens with zero attached hydrogens (tertiary/aromatic N) is 3. The van der Waals surface area contributed by atoms with E-state index in [9.17, 15) is 4.79 Å². The molecule has 0 atom stereocenters. The van der Waals surface area contributed by atoms with Gasteiger partial charge in [0.2, 0.25) is 0 Å². The Morgan fingerprint density at radius 3 is 2.61 bits per heavy atom. The largest absolute Gasteiger partial charge is 0.368 e. The molecule has 4 heteroatoms. The number of piperidine rings is 1. The van der Waals surface area contributed by atoms with E-state index in [1.54, 1.807) is 0 Å². The van der Waals surface area contributed by atoms with E-state index in [0.717, 1.165) is 61.1 Å². The number of rotatable bonds is 2. The van der Waals surface area contributed by atoms with Crippen molar-refractivity contribution in [2.24, 2.45) is 0 Å². The molecule has 0 saturated carbocycles. The molecule has 0 N–H and O–H groups in total. The number of benzene rings is 2. The Morgan fingerprint density at radius 1 is 1.00 bits per heavy atom. The van der Waals surface area contributed by atoms with Crippen molar-refractivity contribution in [1.29, 1.82) is 0 Å². The van der Waals surface area contributed by atoms with E-state index in [-0.39, 0.29) is 5.91 Å². The van der Waals surface area contributed by atoms with Crippen LogP contribution >= 0.6 is 0 Å². The number of amides is 1. The van der Waals surface area contributed by atoms with Gasteiger partial charge < -0.3 is 9.80 Å². The molecule has 2 aliphatic rings. The fraction of sp³-hybridized carbons (Fsp3) is 0.333. The highest BCUT2D eigenvalue weighted by atomic mass is 16.2. The van der Waals surface area contributed by atoms with Crippen LogP contribution in [0.15, 0.2) is 54.6 Å². The van der Waals surface area contributed by atoms with E-state index in [0.29, 0.717) is 6.04 Å². The maximum Gasteiger partial charge on any atom is 0.254 e. The number of hydrogen-bond donors (Lipinski definition) is 0. The van der Waals surface area contributed by atoms with Crippen LogP contribution < -0.4 is 4.90 Å². The number of carbonyl (C=O) groups is 1. The van der Waals surface area contributed by atoms with E-state index in [1.165, 1.54) is 11.3 Å². The van der Waals surface area contributed by atoms with Gasteiger partial charge in [-0.15, -0.1) is 0 Å². The zero-order chi connectivity index (χ0) is 19.1. The molecule has 2 aliphatic heterocycles. The lowest BCUT2D eigenvalue weighted by Gasteiger charge is -2.38. The van der Waals surface area contributed by atoms with Crippen molar-refractivity contribution in [3.63, 3.8) is 0 Å². The number of para-hydroxylation sites is 2. The van der Waals surface area contributed by atoms with Gasteiger partial charge in [-0.1, -0.05) is 36.4 Å². The first-order valence-corrected chi connectivity index (χ1v) is 10.2. The first-order chi connectivity index (χ1) is 13.7. The lowest BCUT2D eigenvalue weighted by atomic mass is 10.0. The second-order valence-electron chi connectivity index (χ2n) is 7.92. The number of hydrogen-bond acceptors (Lipinski definition) is 3. The van der Waals surface area contributed by atoms with Crippen molar-refractivity contribution in [3.8, 4) is 0 Å². The van der Waals surface area contributed by atoms with Gasteiger partial charge in [-0.25, -0.2) is 0 Å². The summed E-state index contributed by atoms with van der Waals surface area (Å²) >= 11 is 0. The molecule has 0 aliphatic carbocycles. The van der Waals surface area contributed by atoms with Gasteiger partial charge >= 0.3 is 0 Å². The van der Waals surface area contributed by atoms with E-state index in [1.807, 2.05) is 42.2 Å². The molecule has 0 unspecified atom stereocenters. The zero-order valence-electron chi connectivity index (χ0n) is 16.3. The zero-order valence-corrected chi connectivity index (χ0v) is 16.3. The molecule has 1 amide bonds. The van der Waals surface area contributed by atoms with Crippen molar-refractivity contribution in [3.05, 3.63) is 71.4 Å². The minimum atomic E-state index is 0.141. The number of likely N-dealkylation sites (tertiary alicyclic amines) is 1. The van der Waals surface area contributed by atoms with Crippen molar-refractivity contribution < 1.29 is 4.79 Å². The molecule has 3 aromatic rings. The van der Waals surface area contributed by atoms with E-state index in [2.05, 4.69) is 34.1 Å². The van der Waals surface area contributed by atoms with Crippen LogP contribution in [0.5, 0.6) is 0 Å². The quantitative estimate of drug-likeness (QED) is 0.677. The van der Waals surface area contributed by atoms with Crippen LogP contribution in [0.3, 0.4) is 0 Å². The second kappa shape index (κ2) is 6.93. The third-order valence-electron chi connectivity index (χ3n) is 6.19. The van der Waals surface area contributed by atoms with Gasteiger partial charge in [-0.2, -0.15) is 0 Å². The Labute approximate surface area is 165 Å². The first kappa shape index (κ1) is 17.2. The Kier molecular flexibility index (Phi) is 4.27. The minimum Gasteiger partial charge on any atom is -0.368 e. The van der Waals surface area contributed by atoms with Crippen LogP contribution in [-0.2, 0) is 6.42 Å². The van der Waals surface area contributed by atoms with Crippen molar-refractivity contribution in [2.75, 3.05) is 24.5 Å². The van der Waals surface area contributed by atoms with Gasteiger partial charge in [-0.05, 0) is 49.9 Å². The molecular formula is C24H25N3O. The van der Waals surface area contributed by atoms with E-state index >= 15 is 0 Å². The standard InChI is InChI=1S/C24H25N3O/c1-17-16-21(20-7-3-4-8-22(20)25-17)24(28)26-13-11-19(12-14-26)27-15-10-18-6-2-5-9-23(18)27/h2-9,16,19H,10-15H2,1H3. The highest BCUT2D eigenvalue weighted by Crippen LogP contribution is 2.32. The molecule has 0 radical (unpaired) electrons. The van der Waals surface area contributed by atoms with Crippen molar-refractivity contribution >= 4 is 22.5 Å². The molecule has 5 rings (SSSR count). The smallest absolute Gasteiger partial charge is 0.254 e. The van der Waals surface area contributed by atoms with Gasteiger partial charge in [0.15, 0.2) is 0 Å². The summed E-state index contributed by atoms with van der Waals surface area (Å²) in [6.07, 6.45) is 3.20. The van der Waals surface area contributed by atoms with Crippen LogP contribution in [0, 0.1) is 6.92 Å². The summed E-state index contributed by atoms with van der Waals surface area (Å²) in [5.41, 5.74) is 5.43. The predicted molar refractivity (Wildman–Crippen MR) is 113 cm³/mol. The average molecular weight is 371 g/mol. The highest BCUT2D eigenvalue weighted by Gasteiger charge is 2.31. The molecule has 0 spiro atoms. The van der Waals surface area contributed by atoms with Gasteiger partial charge in [0, 0.05) is 42.4 Å². The maximum absolute atomic E-state index is 13.3. The Balaban J connectivity index is 1.33. The monoisotopic (exact) mass is 371 g/mol. The molecule has 2 aromatic carbocycles. The summed E-state index contributed by atoms with van der Waals surface area (Å²) in [6, 6.07) is 19.2. The molecule has 0 bridgehead atoms. The number of aryl methyl sites for hydroxylation is 1. The molecule has 1 fully saturated rings. The lowest BCUT2D eigenvalue weighted by Crippen LogP contribution is -2.46. The normalized spacial score (nSPS) is 17.2.